The fraction of sp³-hybridized carbons (Fsp3) is 0.657. The zero-order valence-corrected chi connectivity index (χ0v) is 30.4. The van der Waals surface area contributed by atoms with E-state index in [4.69, 9.17) is 4.52 Å². The smallest absolute Gasteiger partial charge is 0.136 e. The molecule has 2 rings (SSSR count). The van der Waals surface area contributed by atoms with Gasteiger partial charge in [0.2, 0.25) is 0 Å². The van der Waals surface area contributed by atoms with E-state index in [1.165, 1.54) is 0 Å². The summed E-state index contributed by atoms with van der Waals surface area (Å²) >= 11 is 0. The first-order valence-corrected chi connectivity index (χ1v) is 17.5. The molecule has 0 saturated carbocycles. The summed E-state index contributed by atoms with van der Waals surface area (Å²) in [5.41, 5.74) is 4.47. The molecule has 0 amide bonds. The van der Waals surface area contributed by atoms with Crippen molar-refractivity contribution in [3.8, 4) is 0 Å². The van der Waals surface area contributed by atoms with Crippen molar-refractivity contribution in [3.05, 3.63) is 68.8 Å². The minimum Gasteiger partial charge on any atom is -0.395 e. The summed E-state index contributed by atoms with van der Waals surface area (Å²) in [7, 11) is 2.67. The molecule has 0 radical (unpaired) electrons. The van der Waals surface area contributed by atoms with Crippen LogP contribution in [0.3, 0.4) is 0 Å². The molecule has 232 valence electrons. The highest BCUT2D eigenvalue weighted by Gasteiger charge is 2.59. The van der Waals surface area contributed by atoms with E-state index in [1.807, 2.05) is 0 Å². The minimum absolute atomic E-state index is 0.0602. The average molecular weight is 605 g/mol. The van der Waals surface area contributed by atoms with Gasteiger partial charge in [-0.05, 0) is 68.9 Å². The van der Waals surface area contributed by atoms with Crippen molar-refractivity contribution in [2.75, 3.05) is 19.8 Å². The second kappa shape index (κ2) is 12.3. The lowest BCUT2D eigenvalue weighted by molar-refractivity contribution is -0.118. The van der Waals surface area contributed by atoms with E-state index in [-0.39, 0.29) is 30.2 Å². The van der Waals surface area contributed by atoms with Gasteiger partial charge in [0.25, 0.3) is 0 Å². The highest BCUT2D eigenvalue weighted by Crippen LogP contribution is 2.60. The van der Waals surface area contributed by atoms with E-state index in [0.29, 0.717) is 0 Å². The van der Waals surface area contributed by atoms with Crippen LogP contribution in [0.5, 0.6) is 0 Å². The molecule has 6 heteroatoms. The molecule has 0 bridgehead atoms. The van der Waals surface area contributed by atoms with Crippen LogP contribution in [0, 0.1) is 19.3 Å². The van der Waals surface area contributed by atoms with E-state index < -0.39 is 30.8 Å². The fourth-order valence-electron chi connectivity index (χ4n) is 6.14. The normalized spacial score (nSPS) is 14.4. The van der Waals surface area contributed by atoms with E-state index >= 15 is 0 Å². The van der Waals surface area contributed by atoms with Crippen molar-refractivity contribution in [2.24, 2.45) is 5.41 Å². The molecule has 0 heterocycles. The van der Waals surface area contributed by atoms with Crippen LogP contribution in [0.4, 0.5) is 0 Å². The largest absolute Gasteiger partial charge is 0.395 e. The van der Waals surface area contributed by atoms with Gasteiger partial charge in [-0.1, -0.05) is 127 Å². The van der Waals surface area contributed by atoms with E-state index in [2.05, 4.69) is 130 Å². The zero-order chi connectivity index (χ0) is 32.0. The molecule has 0 aliphatic heterocycles. The third-order valence-corrected chi connectivity index (χ3v) is 9.15. The van der Waals surface area contributed by atoms with Gasteiger partial charge in [-0.25, -0.2) is 0 Å². The third-order valence-electron chi connectivity index (χ3n) is 8.37. The number of aliphatic hydroxyl groups excluding tert-OH is 3. The number of aliphatic hydroxyl groups is 3. The molecule has 0 spiro atoms. The van der Waals surface area contributed by atoms with E-state index in [9.17, 15) is 15.3 Å². The van der Waals surface area contributed by atoms with Gasteiger partial charge in [-0.2, -0.15) is 0 Å². The second-order valence-electron chi connectivity index (χ2n) is 16.1. The fourth-order valence-corrected chi connectivity index (χ4v) is 7.26. The molecule has 2 aromatic carbocycles. The van der Waals surface area contributed by atoms with Crippen LogP contribution in [0.2, 0.25) is 0 Å². The van der Waals surface area contributed by atoms with Crippen molar-refractivity contribution in [1.82, 2.24) is 0 Å². The zero-order valence-electron chi connectivity index (χ0n) is 28.3. The van der Waals surface area contributed by atoms with Crippen LogP contribution in [-0.4, -0.2) is 35.1 Å². The Balaban J connectivity index is 3.69. The summed E-state index contributed by atoms with van der Waals surface area (Å²) in [6.07, 6.45) is 0. The Morgan fingerprint density at radius 1 is 0.561 bits per heavy atom. The Hall–Kier alpha value is -0.860. The Morgan fingerprint density at radius 3 is 0.976 bits per heavy atom. The average Bonchev–Trinajstić information content (AvgIpc) is 2.81. The number of rotatable bonds is 8. The Kier molecular flexibility index (Phi) is 10.9. The van der Waals surface area contributed by atoms with E-state index in [1.54, 1.807) is 0 Å². The molecule has 0 saturated heterocycles. The lowest BCUT2D eigenvalue weighted by atomic mass is 9.56. The van der Waals surface area contributed by atoms with Crippen molar-refractivity contribution in [3.63, 3.8) is 0 Å². The van der Waals surface area contributed by atoms with Gasteiger partial charge in [0, 0.05) is 8.50 Å². The first kappa shape index (κ1) is 36.3. The van der Waals surface area contributed by atoms with Gasteiger partial charge in [-0.15, -0.1) is 0 Å². The second-order valence-corrected chi connectivity index (χ2v) is 17.3. The molecule has 0 aliphatic carbocycles. The first-order valence-electron chi connectivity index (χ1n) is 14.8. The maximum atomic E-state index is 11.3. The molecule has 41 heavy (non-hydrogen) atoms. The molecular formula is C35H58O4P2. The number of benzene rings is 2. The Bertz CT molecular complexity index is 1060. The van der Waals surface area contributed by atoms with Crippen molar-refractivity contribution in [1.29, 1.82) is 0 Å². The molecule has 2 aromatic rings. The van der Waals surface area contributed by atoms with Crippen LogP contribution in [0.15, 0.2) is 24.3 Å². The van der Waals surface area contributed by atoms with Gasteiger partial charge in [0.15, 0.2) is 0 Å². The maximum absolute atomic E-state index is 11.3. The standard InChI is InChI=1S/C35H58O4P2/c1-22-15-24(30(3,4)5)28(25(16-22)31(6,7)8)35(39-41-40,34(19-36,20-37)21-38)29-26(32(9,10)11)17-23(2)18-27(29)33(12,13)14/h15-18,36-38,41H,19-21,40H2,1-14H3. The van der Waals surface area contributed by atoms with Crippen LogP contribution in [0.1, 0.15) is 128 Å². The number of hydrogen-bond donors (Lipinski definition) is 3. The van der Waals surface area contributed by atoms with Gasteiger partial charge in [0.05, 0.1) is 25.2 Å². The van der Waals surface area contributed by atoms with Crippen LogP contribution in [-0.2, 0) is 31.8 Å². The minimum atomic E-state index is -1.44. The summed E-state index contributed by atoms with van der Waals surface area (Å²) in [6.45, 7) is 29.3. The third kappa shape index (κ3) is 6.79. The quantitative estimate of drug-likeness (QED) is 0.266. The van der Waals surface area contributed by atoms with Crippen molar-refractivity contribution >= 4 is 17.4 Å². The van der Waals surface area contributed by atoms with Crippen LogP contribution < -0.4 is 0 Å². The monoisotopic (exact) mass is 604 g/mol. The first-order chi connectivity index (χ1) is 18.5. The molecule has 0 fully saturated rings. The summed E-state index contributed by atoms with van der Waals surface area (Å²) in [5, 5.41) is 34.0. The molecule has 2 unspecified atom stereocenters. The SMILES string of the molecule is Cc1cc(C(C)(C)C)c(C(OPP)(c2c(C(C)(C)C)cc(C)cc2C(C)(C)C)C(CO)(CO)CO)c(C(C)(C)C)c1. The van der Waals surface area contributed by atoms with Crippen molar-refractivity contribution < 1.29 is 19.8 Å². The molecule has 4 nitrogen and oxygen atoms in total. The molecule has 0 aromatic heterocycles. The topological polar surface area (TPSA) is 69.9 Å². The summed E-state index contributed by atoms with van der Waals surface area (Å²) in [6, 6.07) is 8.92. The summed E-state index contributed by atoms with van der Waals surface area (Å²) in [5.74, 6) is 0. The van der Waals surface area contributed by atoms with Crippen LogP contribution >= 0.6 is 17.4 Å². The predicted octanol–water partition coefficient (Wildman–Crippen LogP) is 8.10. The van der Waals surface area contributed by atoms with Gasteiger partial charge >= 0.3 is 0 Å². The number of hydrogen-bond acceptors (Lipinski definition) is 4. The maximum Gasteiger partial charge on any atom is 0.136 e. The summed E-state index contributed by atoms with van der Waals surface area (Å²) in [4.78, 5) is 0. The van der Waals surface area contributed by atoms with Gasteiger partial charge in [0.1, 0.15) is 5.60 Å². The summed E-state index contributed by atoms with van der Waals surface area (Å²) < 4.78 is 7.17. The lowest BCUT2D eigenvalue weighted by Gasteiger charge is -2.54. The Labute approximate surface area is 255 Å². The number of aryl methyl sites for hydroxylation is 2. The molecule has 3 N–H and O–H groups in total. The van der Waals surface area contributed by atoms with Gasteiger partial charge in [-0.3, -0.25) is 0 Å². The Morgan fingerprint density at radius 2 is 0.805 bits per heavy atom. The van der Waals surface area contributed by atoms with Crippen LogP contribution in [0.25, 0.3) is 0 Å². The predicted molar refractivity (Wildman–Crippen MR) is 181 cm³/mol. The highest BCUT2D eigenvalue weighted by molar-refractivity contribution is 8.00. The van der Waals surface area contributed by atoms with E-state index in [0.717, 1.165) is 44.5 Å². The molecular weight excluding hydrogens is 546 g/mol. The van der Waals surface area contributed by atoms with Gasteiger partial charge < -0.3 is 19.8 Å². The highest BCUT2D eigenvalue weighted by atomic mass is 32.0. The molecule has 2 atom stereocenters. The van der Waals surface area contributed by atoms with Crippen molar-refractivity contribution in [2.45, 2.75) is 124 Å². The molecule has 0 aliphatic rings. The lowest BCUT2D eigenvalue weighted by Crippen LogP contribution is -2.57.